The highest BCUT2D eigenvalue weighted by atomic mass is 127. The molecule has 4 heteroatoms. The maximum Gasteiger partial charge on any atom is 0.0440 e. The minimum atomic E-state index is 0.826. The minimum absolute atomic E-state index is 0.826. The number of halogens is 1. The van der Waals surface area contributed by atoms with Crippen molar-refractivity contribution in [2.75, 3.05) is 31.1 Å². The Morgan fingerprint density at radius 1 is 1.11 bits per heavy atom. The molecular formula is C14H21IN2S. The number of nitrogens with zero attached hydrogens (tertiary/aromatic N) is 1. The fourth-order valence-electron chi connectivity index (χ4n) is 2.82. The monoisotopic (exact) mass is 376 g/mol. The first-order valence-electron chi connectivity index (χ1n) is 6.42. The largest absolute Gasteiger partial charge is 0.369 e. The molecule has 2 rings (SSSR count). The van der Waals surface area contributed by atoms with E-state index in [0.29, 0.717) is 0 Å². The third-order valence-corrected chi connectivity index (χ3v) is 5.80. The van der Waals surface area contributed by atoms with Gasteiger partial charge in [-0.2, -0.15) is 12.6 Å². The van der Waals surface area contributed by atoms with Crippen LogP contribution >= 0.6 is 35.2 Å². The summed E-state index contributed by atoms with van der Waals surface area (Å²) in [5.41, 5.74) is 7.09. The summed E-state index contributed by atoms with van der Waals surface area (Å²) in [6, 6.07) is 0. The van der Waals surface area contributed by atoms with Gasteiger partial charge in [-0.05, 0) is 65.6 Å². The molecule has 1 saturated heterocycles. The van der Waals surface area contributed by atoms with Crippen LogP contribution in [-0.2, 0) is 5.75 Å². The lowest BCUT2D eigenvalue weighted by atomic mass is 9.97. The zero-order valence-electron chi connectivity index (χ0n) is 11.3. The molecule has 0 bridgehead atoms. The van der Waals surface area contributed by atoms with Crippen molar-refractivity contribution >= 4 is 40.9 Å². The lowest BCUT2D eigenvalue weighted by Gasteiger charge is -2.33. The Balaban J connectivity index is 2.54. The first-order valence-corrected chi connectivity index (χ1v) is 8.13. The van der Waals surface area contributed by atoms with Crippen LogP contribution in [0, 0.1) is 24.3 Å². The topological polar surface area (TPSA) is 15.3 Å². The van der Waals surface area contributed by atoms with E-state index in [4.69, 9.17) is 0 Å². The molecule has 100 valence electrons. The number of hydrogen-bond acceptors (Lipinski definition) is 3. The molecule has 0 unspecified atom stereocenters. The summed E-state index contributed by atoms with van der Waals surface area (Å²) in [5, 5.41) is 3.42. The van der Waals surface area contributed by atoms with Gasteiger partial charge >= 0.3 is 0 Å². The molecule has 1 aromatic carbocycles. The number of thiol groups is 1. The van der Waals surface area contributed by atoms with Crippen molar-refractivity contribution in [3.05, 3.63) is 25.8 Å². The molecule has 0 atom stereocenters. The second-order valence-corrected chi connectivity index (χ2v) is 6.31. The molecule has 1 aromatic rings. The van der Waals surface area contributed by atoms with Crippen molar-refractivity contribution in [1.82, 2.24) is 5.32 Å². The third kappa shape index (κ3) is 2.51. The molecule has 0 amide bonds. The maximum atomic E-state index is 4.51. The molecule has 0 aliphatic carbocycles. The van der Waals surface area contributed by atoms with E-state index in [9.17, 15) is 0 Å². The Bertz CT molecular complexity index is 454. The Hall–Kier alpha value is 0.0600. The lowest BCUT2D eigenvalue weighted by molar-refractivity contribution is 0.587. The van der Waals surface area contributed by atoms with Gasteiger partial charge in [0.2, 0.25) is 0 Å². The summed E-state index contributed by atoms with van der Waals surface area (Å²) < 4.78 is 1.40. The summed E-state index contributed by atoms with van der Waals surface area (Å²) in [5.74, 6) is 0.826. The highest BCUT2D eigenvalue weighted by Crippen LogP contribution is 2.35. The van der Waals surface area contributed by atoms with Crippen LogP contribution in [0.2, 0.25) is 0 Å². The molecule has 1 fully saturated rings. The zero-order valence-corrected chi connectivity index (χ0v) is 14.4. The number of hydrogen-bond donors (Lipinski definition) is 2. The normalized spacial score (nSPS) is 16.2. The lowest BCUT2D eigenvalue weighted by Crippen LogP contribution is -2.44. The van der Waals surface area contributed by atoms with Crippen LogP contribution in [-0.4, -0.2) is 26.2 Å². The van der Waals surface area contributed by atoms with Crippen molar-refractivity contribution in [3.8, 4) is 0 Å². The highest BCUT2D eigenvalue weighted by Gasteiger charge is 2.20. The first kappa shape index (κ1) is 14.5. The molecular weight excluding hydrogens is 355 g/mol. The Morgan fingerprint density at radius 3 is 2.28 bits per heavy atom. The minimum Gasteiger partial charge on any atom is -0.369 e. The zero-order chi connectivity index (χ0) is 13.3. The van der Waals surface area contributed by atoms with Crippen LogP contribution in [0.1, 0.15) is 22.3 Å². The van der Waals surface area contributed by atoms with E-state index < -0.39 is 0 Å². The smallest absolute Gasteiger partial charge is 0.0440 e. The molecule has 2 nitrogen and oxygen atoms in total. The molecule has 1 aliphatic heterocycles. The number of piperazine rings is 1. The van der Waals surface area contributed by atoms with Crippen LogP contribution in [0.5, 0.6) is 0 Å². The van der Waals surface area contributed by atoms with Crippen molar-refractivity contribution in [2.24, 2.45) is 0 Å². The van der Waals surface area contributed by atoms with Gasteiger partial charge in [-0.25, -0.2) is 0 Å². The van der Waals surface area contributed by atoms with E-state index in [2.05, 4.69) is 66.2 Å². The quantitative estimate of drug-likeness (QED) is 0.609. The fourth-order valence-corrected chi connectivity index (χ4v) is 3.88. The summed E-state index contributed by atoms with van der Waals surface area (Å²) in [7, 11) is 0. The van der Waals surface area contributed by atoms with Crippen LogP contribution in [0.25, 0.3) is 0 Å². The molecule has 0 radical (unpaired) electrons. The summed E-state index contributed by atoms with van der Waals surface area (Å²) in [6.07, 6.45) is 0. The van der Waals surface area contributed by atoms with Gasteiger partial charge in [0.1, 0.15) is 0 Å². The van der Waals surface area contributed by atoms with Gasteiger partial charge in [0.15, 0.2) is 0 Å². The average Bonchev–Trinajstić information content (AvgIpc) is 2.38. The summed E-state index contributed by atoms with van der Waals surface area (Å²) >= 11 is 6.99. The Morgan fingerprint density at radius 2 is 1.72 bits per heavy atom. The van der Waals surface area contributed by atoms with E-state index in [1.807, 2.05) is 0 Å². The van der Waals surface area contributed by atoms with E-state index >= 15 is 0 Å². The average molecular weight is 376 g/mol. The van der Waals surface area contributed by atoms with E-state index in [0.717, 1.165) is 31.9 Å². The molecule has 1 aliphatic rings. The molecule has 0 saturated carbocycles. The van der Waals surface area contributed by atoms with Gasteiger partial charge < -0.3 is 10.2 Å². The van der Waals surface area contributed by atoms with Gasteiger partial charge in [0, 0.05) is 41.2 Å². The summed E-state index contributed by atoms with van der Waals surface area (Å²) in [6.45, 7) is 11.1. The second kappa shape index (κ2) is 6.01. The highest BCUT2D eigenvalue weighted by molar-refractivity contribution is 14.1. The number of benzene rings is 1. The molecule has 1 N–H and O–H groups in total. The predicted octanol–water partition coefficient (Wildman–Crippen LogP) is 3.06. The third-order valence-electron chi connectivity index (χ3n) is 3.87. The van der Waals surface area contributed by atoms with Gasteiger partial charge in [-0.15, -0.1) is 0 Å². The van der Waals surface area contributed by atoms with Gasteiger partial charge in [0.05, 0.1) is 0 Å². The number of rotatable bonds is 2. The first-order chi connectivity index (χ1) is 8.57. The van der Waals surface area contributed by atoms with Crippen LogP contribution in [0.15, 0.2) is 0 Å². The molecule has 18 heavy (non-hydrogen) atoms. The Kier molecular flexibility index (Phi) is 4.83. The molecule has 1 heterocycles. The van der Waals surface area contributed by atoms with Crippen molar-refractivity contribution in [2.45, 2.75) is 26.5 Å². The van der Waals surface area contributed by atoms with E-state index in [-0.39, 0.29) is 0 Å². The fraction of sp³-hybridized carbons (Fsp3) is 0.571. The standard InChI is InChI=1S/C14H21IN2S/c1-9-12(8-18)10(2)14(11(3)13(9)15)17-6-4-16-5-7-17/h16,18H,4-8H2,1-3H3. The van der Waals surface area contributed by atoms with Crippen molar-refractivity contribution in [1.29, 1.82) is 0 Å². The van der Waals surface area contributed by atoms with E-state index in [1.165, 1.54) is 31.5 Å². The molecule has 0 aromatic heterocycles. The molecule has 0 spiro atoms. The van der Waals surface area contributed by atoms with Gasteiger partial charge in [0.25, 0.3) is 0 Å². The SMILES string of the molecule is Cc1c(I)c(C)c(N2CCNCC2)c(C)c1CS. The predicted molar refractivity (Wildman–Crippen MR) is 91.1 cm³/mol. The summed E-state index contributed by atoms with van der Waals surface area (Å²) in [4.78, 5) is 2.52. The van der Waals surface area contributed by atoms with Gasteiger partial charge in [-0.3, -0.25) is 0 Å². The second-order valence-electron chi connectivity index (χ2n) is 4.91. The van der Waals surface area contributed by atoms with E-state index in [1.54, 1.807) is 0 Å². The van der Waals surface area contributed by atoms with Crippen molar-refractivity contribution in [3.63, 3.8) is 0 Å². The van der Waals surface area contributed by atoms with Crippen molar-refractivity contribution < 1.29 is 0 Å². The van der Waals surface area contributed by atoms with Crippen LogP contribution in [0.4, 0.5) is 5.69 Å². The number of nitrogens with one attached hydrogen (secondary N) is 1. The Labute approximate surface area is 129 Å². The van der Waals surface area contributed by atoms with Gasteiger partial charge in [-0.1, -0.05) is 0 Å². The van der Waals surface area contributed by atoms with Crippen LogP contribution < -0.4 is 10.2 Å². The van der Waals surface area contributed by atoms with Crippen LogP contribution in [0.3, 0.4) is 0 Å². The number of anilines is 1. The maximum absolute atomic E-state index is 4.51.